The second-order valence-electron chi connectivity index (χ2n) is 6.59. The Hall–Kier alpha value is -1.36. The maximum absolute atomic E-state index is 12.9. The lowest BCUT2D eigenvalue weighted by molar-refractivity contribution is -0.156. The number of likely N-dealkylation sites (tertiary alicyclic amines) is 1. The van der Waals surface area contributed by atoms with Crippen LogP contribution in [0.5, 0.6) is 0 Å². The summed E-state index contributed by atoms with van der Waals surface area (Å²) in [5.74, 6) is -0.400. The van der Waals surface area contributed by atoms with Crippen LogP contribution in [-0.4, -0.2) is 47.1 Å². The van der Waals surface area contributed by atoms with Crippen molar-refractivity contribution in [3.63, 3.8) is 0 Å². The van der Waals surface area contributed by atoms with E-state index >= 15 is 0 Å². The monoisotopic (exact) mass is 292 g/mol. The first kappa shape index (κ1) is 14.6. The van der Waals surface area contributed by atoms with Gasteiger partial charge in [-0.25, -0.2) is 4.79 Å². The molecule has 3 unspecified atom stereocenters. The molecule has 1 amide bonds. The first-order valence-electron chi connectivity index (χ1n) is 8.04. The summed E-state index contributed by atoms with van der Waals surface area (Å²) >= 11 is 0. The summed E-state index contributed by atoms with van der Waals surface area (Å²) in [5, 5.41) is 12.7. The van der Waals surface area contributed by atoms with Crippen LogP contribution in [0.3, 0.4) is 0 Å². The van der Waals surface area contributed by atoms with Gasteiger partial charge in [-0.1, -0.05) is 12.8 Å². The molecule has 3 atom stereocenters. The van der Waals surface area contributed by atoms with Gasteiger partial charge in [-0.15, -0.1) is 0 Å². The number of fused-ring (bicyclic) bond motifs is 1. The molecule has 5 nitrogen and oxygen atoms in total. The van der Waals surface area contributed by atoms with Gasteiger partial charge >= 0.3 is 5.97 Å². The van der Waals surface area contributed by atoms with E-state index in [1.807, 2.05) is 6.92 Å². The molecule has 3 fully saturated rings. The highest BCUT2D eigenvalue weighted by molar-refractivity contribution is 5.96. The molecule has 3 aliphatic rings. The number of carbonyl (C=O) groups excluding carboxylic acids is 1. The number of hydrogen-bond acceptors (Lipinski definition) is 3. The highest BCUT2D eigenvalue weighted by Crippen LogP contribution is 2.38. The van der Waals surface area contributed by atoms with Crippen molar-refractivity contribution in [2.75, 3.05) is 13.1 Å². The molecule has 0 aromatic carbocycles. The first-order valence-corrected chi connectivity index (χ1v) is 8.04. The van der Waals surface area contributed by atoms with Crippen LogP contribution in [0.1, 0.15) is 45.4 Å². The van der Waals surface area contributed by atoms with E-state index < -0.39 is 12.0 Å². The fourth-order valence-electron chi connectivity index (χ4n) is 4.03. The van der Waals surface area contributed by atoms with Crippen molar-refractivity contribution in [1.82, 2.24) is 10.2 Å². The summed E-state index contributed by atoms with van der Waals surface area (Å²) in [6, 6.07) is -0.509. The van der Waals surface area contributed by atoms with Crippen molar-refractivity contribution in [2.45, 2.75) is 57.5 Å². The Bertz CT molecular complexity index is 480. The molecule has 0 radical (unpaired) electrons. The highest BCUT2D eigenvalue weighted by atomic mass is 16.4. The van der Waals surface area contributed by atoms with Gasteiger partial charge in [0.2, 0.25) is 0 Å². The molecule has 1 aliphatic carbocycles. The lowest BCUT2D eigenvalue weighted by Gasteiger charge is -2.47. The molecule has 2 saturated heterocycles. The summed E-state index contributed by atoms with van der Waals surface area (Å²) in [7, 11) is 0. The molecule has 2 aliphatic heterocycles. The van der Waals surface area contributed by atoms with Gasteiger partial charge in [-0.2, -0.15) is 0 Å². The van der Waals surface area contributed by atoms with Crippen molar-refractivity contribution >= 4 is 11.9 Å². The van der Waals surface area contributed by atoms with Crippen molar-refractivity contribution in [3.05, 3.63) is 11.1 Å². The van der Waals surface area contributed by atoms with Crippen LogP contribution in [0.25, 0.3) is 0 Å². The van der Waals surface area contributed by atoms with Gasteiger partial charge in [0.1, 0.15) is 6.04 Å². The fourth-order valence-corrected chi connectivity index (χ4v) is 4.03. The van der Waals surface area contributed by atoms with Gasteiger partial charge in [-0.3, -0.25) is 4.79 Å². The number of nitrogens with one attached hydrogen (secondary N) is 1. The normalized spacial score (nSPS) is 32.1. The maximum atomic E-state index is 12.9. The third-order valence-electron chi connectivity index (χ3n) is 5.42. The molecular formula is C16H24N2O3. The third kappa shape index (κ3) is 2.59. The number of carboxylic acids is 1. The number of carbonyl (C=O) groups is 2. The number of carboxylic acid groups (broad SMARTS) is 1. The Morgan fingerprint density at radius 3 is 2.48 bits per heavy atom. The Kier molecular flexibility index (Phi) is 4.02. The summed E-state index contributed by atoms with van der Waals surface area (Å²) in [6.45, 7) is 3.37. The predicted octanol–water partition coefficient (Wildman–Crippen LogP) is 1.54. The third-order valence-corrected chi connectivity index (χ3v) is 5.42. The van der Waals surface area contributed by atoms with E-state index in [1.165, 1.54) is 6.42 Å². The predicted molar refractivity (Wildman–Crippen MR) is 78.8 cm³/mol. The number of amides is 1. The molecule has 21 heavy (non-hydrogen) atoms. The van der Waals surface area contributed by atoms with Gasteiger partial charge in [0.15, 0.2) is 0 Å². The summed E-state index contributed by atoms with van der Waals surface area (Å²) in [6.07, 6.45) is 5.96. The van der Waals surface area contributed by atoms with E-state index in [2.05, 4.69) is 5.32 Å². The molecule has 3 rings (SSSR count). The largest absolute Gasteiger partial charge is 0.480 e. The van der Waals surface area contributed by atoms with E-state index in [0.29, 0.717) is 12.3 Å². The molecule has 2 N–H and O–H groups in total. The quantitative estimate of drug-likeness (QED) is 0.758. The minimum Gasteiger partial charge on any atom is -0.480 e. The highest BCUT2D eigenvalue weighted by Gasteiger charge is 2.44. The van der Waals surface area contributed by atoms with Gasteiger partial charge in [-0.05, 0) is 44.1 Å². The average molecular weight is 292 g/mol. The lowest BCUT2D eigenvalue weighted by atomic mass is 9.76. The molecule has 0 aromatic heterocycles. The zero-order valence-electron chi connectivity index (χ0n) is 12.6. The summed E-state index contributed by atoms with van der Waals surface area (Å²) in [4.78, 5) is 26.2. The molecule has 1 saturated carbocycles. The van der Waals surface area contributed by atoms with Crippen molar-refractivity contribution < 1.29 is 14.7 Å². The van der Waals surface area contributed by atoms with Crippen LogP contribution in [0, 0.1) is 5.92 Å². The van der Waals surface area contributed by atoms with Crippen LogP contribution < -0.4 is 5.32 Å². The van der Waals surface area contributed by atoms with Crippen molar-refractivity contribution in [2.24, 2.45) is 5.92 Å². The van der Waals surface area contributed by atoms with E-state index in [1.54, 1.807) is 4.90 Å². The van der Waals surface area contributed by atoms with Crippen LogP contribution in [0.4, 0.5) is 0 Å². The Morgan fingerprint density at radius 2 is 1.86 bits per heavy atom. The fraction of sp³-hybridized carbons (Fsp3) is 0.750. The van der Waals surface area contributed by atoms with E-state index in [-0.39, 0.29) is 11.9 Å². The topological polar surface area (TPSA) is 69.6 Å². The number of nitrogens with zero attached hydrogens (tertiary/aromatic N) is 1. The maximum Gasteiger partial charge on any atom is 0.326 e. The molecule has 0 bridgehead atoms. The van der Waals surface area contributed by atoms with Gasteiger partial charge in [0.25, 0.3) is 5.91 Å². The van der Waals surface area contributed by atoms with E-state index in [0.717, 1.165) is 49.9 Å². The molecule has 5 heteroatoms. The van der Waals surface area contributed by atoms with Gasteiger partial charge in [0.05, 0.1) is 0 Å². The summed E-state index contributed by atoms with van der Waals surface area (Å²) in [5.41, 5.74) is 1.88. The number of hydrogen-bond donors (Lipinski definition) is 2. The van der Waals surface area contributed by atoms with Crippen LogP contribution in [0.2, 0.25) is 0 Å². The zero-order chi connectivity index (χ0) is 15.0. The Balaban J connectivity index is 1.88. The summed E-state index contributed by atoms with van der Waals surface area (Å²) < 4.78 is 0. The minimum absolute atomic E-state index is 0.0458. The Labute approximate surface area is 125 Å². The van der Waals surface area contributed by atoms with Crippen molar-refractivity contribution in [3.8, 4) is 0 Å². The van der Waals surface area contributed by atoms with Crippen LogP contribution in [0.15, 0.2) is 11.1 Å². The van der Waals surface area contributed by atoms with Crippen LogP contribution >= 0.6 is 0 Å². The SMILES string of the molecule is CC(C(=O)N1C(C(=O)O)CCC2CCCCC21)=C1CNC1. The smallest absolute Gasteiger partial charge is 0.326 e. The number of piperidine rings is 1. The molecule has 0 spiro atoms. The molecule has 2 heterocycles. The molecular weight excluding hydrogens is 268 g/mol. The Morgan fingerprint density at radius 1 is 1.14 bits per heavy atom. The number of aliphatic carboxylic acids is 1. The van der Waals surface area contributed by atoms with E-state index in [4.69, 9.17) is 0 Å². The number of rotatable bonds is 2. The van der Waals surface area contributed by atoms with Gasteiger partial charge in [0, 0.05) is 24.7 Å². The van der Waals surface area contributed by atoms with Crippen molar-refractivity contribution in [1.29, 1.82) is 0 Å². The first-order chi connectivity index (χ1) is 10.1. The lowest BCUT2D eigenvalue weighted by Crippen LogP contribution is -2.58. The van der Waals surface area contributed by atoms with E-state index in [9.17, 15) is 14.7 Å². The standard InChI is InChI=1S/C16H24N2O3/c1-10(12-8-17-9-12)15(19)18-13-5-3-2-4-11(13)6-7-14(18)16(20)21/h11,13-14,17H,2-9H2,1H3,(H,20,21). The molecule has 116 valence electrons. The second-order valence-corrected chi connectivity index (χ2v) is 6.59. The average Bonchev–Trinajstić information content (AvgIpc) is 2.43. The zero-order valence-corrected chi connectivity index (χ0v) is 12.6. The molecule has 0 aromatic rings. The minimum atomic E-state index is -0.850. The van der Waals surface area contributed by atoms with Crippen LogP contribution in [-0.2, 0) is 9.59 Å². The second kappa shape index (κ2) is 5.79. The van der Waals surface area contributed by atoms with Gasteiger partial charge < -0.3 is 15.3 Å².